The lowest BCUT2D eigenvalue weighted by atomic mass is 9.98. The van der Waals surface area contributed by atoms with E-state index in [9.17, 15) is 18.0 Å². The van der Waals surface area contributed by atoms with Crippen LogP contribution >= 0.6 is 0 Å². The van der Waals surface area contributed by atoms with Crippen molar-refractivity contribution in [2.45, 2.75) is 24.7 Å². The Hall–Kier alpha value is -3.18. The first kappa shape index (κ1) is 23.5. The summed E-state index contributed by atoms with van der Waals surface area (Å²) in [5.74, 6) is -0.346. The zero-order valence-corrected chi connectivity index (χ0v) is 18.5. The average Bonchev–Trinajstić information content (AvgIpc) is 2.83. The fourth-order valence-corrected chi connectivity index (χ4v) is 4.70. The Morgan fingerprint density at radius 1 is 1.06 bits per heavy atom. The van der Waals surface area contributed by atoms with E-state index in [1.807, 2.05) is 6.92 Å². The van der Waals surface area contributed by atoms with Crippen LogP contribution < -0.4 is 20.3 Å². The highest BCUT2D eigenvalue weighted by atomic mass is 32.2. The molecule has 0 spiro atoms. The van der Waals surface area contributed by atoms with Gasteiger partial charge in [-0.15, -0.1) is 0 Å². The van der Waals surface area contributed by atoms with E-state index in [1.54, 1.807) is 30.3 Å². The number of pyridine rings is 1. The summed E-state index contributed by atoms with van der Waals surface area (Å²) in [6.45, 7) is 2.43. The normalized spacial score (nSPS) is 15.0. The first-order chi connectivity index (χ1) is 15.4. The molecular weight excluding hydrogens is 436 g/mol. The Labute approximate surface area is 186 Å². The Morgan fingerprint density at radius 3 is 2.38 bits per heavy atom. The van der Waals surface area contributed by atoms with E-state index in [-0.39, 0.29) is 30.5 Å². The van der Waals surface area contributed by atoms with E-state index in [0.717, 1.165) is 0 Å². The third-order valence-corrected chi connectivity index (χ3v) is 6.81. The fourth-order valence-electron chi connectivity index (χ4n) is 3.26. The Morgan fingerprint density at radius 2 is 1.75 bits per heavy atom. The lowest BCUT2D eigenvalue weighted by Crippen LogP contribution is -2.49. The molecule has 2 N–H and O–H groups in total. The van der Waals surface area contributed by atoms with Crippen LogP contribution in [0.5, 0.6) is 11.5 Å². The molecule has 0 bridgehead atoms. The smallest absolute Gasteiger partial charge is 0.276 e. The molecule has 2 aromatic rings. The van der Waals surface area contributed by atoms with Gasteiger partial charge in [-0.1, -0.05) is 12.1 Å². The summed E-state index contributed by atoms with van der Waals surface area (Å²) in [6, 6.07) is 10.0. The largest absolute Gasteiger partial charge is 0.490 e. The molecule has 10 nitrogen and oxygen atoms in total. The lowest BCUT2D eigenvalue weighted by Gasteiger charge is -2.30. The van der Waals surface area contributed by atoms with Crippen LogP contribution in [-0.4, -0.2) is 55.8 Å². The molecule has 1 aromatic carbocycles. The molecule has 0 atom stereocenters. The number of amides is 2. The third-order valence-electron chi connectivity index (χ3n) is 4.93. The van der Waals surface area contributed by atoms with Crippen molar-refractivity contribution in [3.8, 4) is 11.5 Å². The van der Waals surface area contributed by atoms with Crippen molar-refractivity contribution in [3.63, 3.8) is 0 Å². The van der Waals surface area contributed by atoms with E-state index in [2.05, 4.69) is 15.8 Å². The average molecular weight is 463 g/mol. The molecule has 0 unspecified atom stereocenters. The number of benzene rings is 1. The minimum atomic E-state index is -3.64. The van der Waals surface area contributed by atoms with Crippen LogP contribution in [-0.2, 0) is 19.6 Å². The van der Waals surface area contributed by atoms with Crippen LogP contribution in [0.15, 0.2) is 53.7 Å². The number of aromatic nitrogens is 1. The van der Waals surface area contributed by atoms with Gasteiger partial charge in [0.2, 0.25) is 15.9 Å². The summed E-state index contributed by atoms with van der Waals surface area (Å²) < 4.78 is 37.5. The third kappa shape index (κ3) is 5.95. The first-order valence-corrected chi connectivity index (χ1v) is 11.7. The molecule has 2 amide bonds. The van der Waals surface area contributed by atoms with Gasteiger partial charge < -0.3 is 9.47 Å². The molecule has 1 aliphatic rings. The van der Waals surface area contributed by atoms with Gasteiger partial charge in [0.1, 0.15) is 4.90 Å². The maximum Gasteiger partial charge on any atom is 0.276 e. The highest BCUT2D eigenvalue weighted by molar-refractivity contribution is 7.89. The van der Waals surface area contributed by atoms with E-state index in [1.165, 1.54) is 22.8 Å². The number of hydrazine groups is 1. The number of nitrogens with one attached hydrogen (secondary N) is 2. The van der Waals surface area contributed by atoms with Gasteiger partial charge in [-0.05, 0) is 44.0 Å². The van der Waals surface area contributed by atoms with Crippen LogP contribution in [0.2, 0.25) is 0 Å². The minimum Gasteiger partial charge on any atom is -0.490 e. The van der Waals surface area contributed by atoms with Crippen molar-refractivity contribution in [2.24, 2.45) is 5.92 Å². The van der Waals surface area contributed by atoms with Gasteiger partial charge >= 0.3 is 0 Å². The van der Waals surface area contributed by atoms with Gasteiger partial charge in [-0.2, -0.15) is 4.31 Å². The summed E-state index contributed by atoms with van der Waals surface area (Å²) in [6.07, 6.45) is 3.50. The Kier molecular flexibility index (Phi) is 8.01. The highest BCUT2D eigenvalue weighted by Gasteiger charge is 2.32. The van der Waals surface area contributed by atoms with Gasteiger partial charge in [0, 0.05) is 31.4 Å². The molecule has 1 saturated heterocycles. The van der Waals surface area contributed by atoms with Crippen molar-refractivity contribution < 1.29 is 27.5 Å². The van der Waals surface area contributed by atoms with Crippen molar-refractivity contribution in [1.82, 2.24) is 20.1 Å². The molecule has 172 valence electrons. The fraction of sp³-hybridized carbons (Fsp3) is 0.381. The van der Waals surface area contributed by atoms with E-state index >= 15 is 0 Å². The molecule has 0 radical (unpaired) electrons. The monoisotopic (exact) mass is 462 g/mol. The number of carbonyl (C=O) groups is 2. The van der Waals surface area contributed by atoms with E-state index in [4.69, 9.17) is 9.47 Å². The summed E-state index contributed by atoms with van der Waals surface area (Å²) in [5, 5.41) is 0. The van der Waals surface area contributed by atoms with Crippen molar-refractivity contribution in [3.05, 3.63) is 48.8 Å². The minimum absolute atomic E-state index is 0.126. The van der Waals surface area contributed by atoms with Crippen molar-refractivity contribution in [1.29, 1.82) is 0 Å². The summed E-state index contributed by atoms with van der Waals surface area (Å²) in [5.41, 5.74) is 4.71. The number of nitrogens with zero attached hydrogens (tertiary/aromatic N) is 2. The molecule has 1 aliphatic heterocycles. The Balaban J connectivity index is 1.43. The topological polar surface area (TPSA) is 127 Å². The summed E-state index contributed by atoms with van der Waals surface area (Å²) in [4.78, 5) is 28.4. The standard InChI is InChI=1S/C21H26N4O6S/c1-2-30-18-7-3-4-8-19(18)31-15-20(26)23-24-21(27)16-9-12-25(13-10-16)32(28,29)17-6-5-11-22-14-17/h3-8,11,14,16H,2,9-10,12-13,15H2,1H3,(H,23,26)(H,24,27). The van der Waals surface area contributed by atoms with Gasteiger partial charge in [-0.25, -0.2) is 8.42 Å². The molecule has 1 fully saturated rings. The van der Waals surface area contributed by atoms with Crippen LogP contribution in [0, 0.1) is 5.92 Å². The molecule has 0 saturated carbocycles. The van der Waals surface area contributed by atoms with E-state index < -0.39 is 21.8 Å². The predicted octanol–water partition coefficient (Wildman–Crippen LogP) is 1.11. The quantitative estimate of drug-likeness (QED) is 0.563. The number of sulfonamides is 1. The number of para-hydroxylation sites is 2. The number of hydrogen-bond donors (Lipinski definition) is 2. The second-order valence-electron chi connectivity index (χ2n) is 7.07. The second kappa shape index (κ2) is 10.9. The molecule has 32 heavy (non-hydrogen) atoms. The second-order valence-corrected chi connectivity index (χ2v) is 9.01. The van der Waals surface area contributed by atoms with Crippen LogP contribution in [0.4, 0.5) is 0 Å². The molecule has 0 aliphatic carbocycles. The maximum absolute atomic E-state index is 12.6. The maximum atomic E-state index is 12.6. The molecular formula is C21H26N4O6S. The summed E-state index contributed by atoms with van der Waals surface area (Å²) >= 11 is 0. The number of ether oxygens (including phenoxy) is 2. The number of hydrogen-bond acceptors (Lipinski definition) is 7. The van der Waals surface area contributed by atoms with Gasteiger partial charge in [0.25, 0.3) is 5.91 Å². The van der Waals surface area contributed by atoms with Crippen molar-refractivity contribution >= 4 is 21.8 Å². The lowest BCUT2D eigenvalue weighted by molar-refractivity contribution is -0.132. The summed E-state index contributed by atoms with van der Waals surface area (Å²) in [7, 11) is -3.64. The molecule has 11 heteroatoms. The van der Waals surface area contributed by atoms with Crippen LogP contribution in [0.1, 0.15) is 19.8 Å². The number of carbonyl (C=O) groups excluding carboxylic acids is 2. The molecule has 1 aromatic heterocycles. The number of rotatable bonds is 8. The number of piperidine rings is 1. The van der Waals surface area contributed by atoms with Gasteiger partial charge in [0.15, 0.2) is 18.1 Å². The predicted molar refractivity (Wildman–Crippen MR) is 115 cm³/mol. The molecule has 3 rings (SSSR count). The highest BCUT2D eigenvalue weighted by Crippen LogP contribution is 2.26. The van der Waals surface area contributed by atoms with Gasteiger partial charge in [-0.3, -0.25) is 25.4 Å². The van der Waals surface area contributed by atoms with E-state index in [0.29, 0.717) is 30.9 Å². The van der Waals surface area contributed by atoms with Gasteiger partial charge in [0.05, 0.1) is 6.61 Å². The molecule has 2 heterocycles. The first-order valence-electron chi connectivity index (χ1n) is 10.2. The zero-order chi connectivity index (χ0) is 23.0. The van der Waals surface area contributed by atoms with Crippen molar-refractivity contribution in [2.75, 3.05) is 26.3 Å². The van der Waals surface area contributed by atoms with Crippen LogP contribution in [0.3, 0.4) is 0 Å². The van der Waals surface area contributed by atoms with Crippen LogP contribution in [0.25, 0.3) is 0 Å². The SMILES string of the molecule is CCOc1ccccc1OCC(=O)NNC(=O)C1CCN(S(=O)(=O)c2cccnc2)CC1. The zero-order valence-electron chi connectivity index (χ0n) is 17.7. The Bertz CT molecular complexity index is 1020.